The molecule has 3 nitrogen and oxygen atoms in total. The maximum Gasteiger partial charge on any atom is 0.234 e. The number of nitrogens with one attached hydrogen (secondary N) is 2. The predicted molar refractivity (Wildman–Crippen MR) is 94.2 cm³/mol. The lowest BCUT2D eigenvalue weighted by Gasteiger charge is -2.27. The molecule has 1 unspecified atom stereocenters. The molecule has 1 aromatic carbocycles. The van der Waals surface area contributed by atoms with Crippen molar-refractivity contribution in [2.24, 2.45) is 11.8 Å². The van der Waals surface area contributed by atoms with Gasteiger partial charge in [0.25, 0.3) is 0 Å². The number of hydrogen-bond acceptors (Lipinski definition) is 2. The van der Waals surface area contributed by atoms with Crippen LogP contribution in [0.2, 0.25) is 0 Å². The van der Waals surface area contributed by atoms with Gasteiger partial charge in [-0.1, -0.05) is 57.0 Å². The zero-order valence-corrected chi connectivity index (χ0v) is 14.5. The number of halogens is 1. The van der Waals surface area contributed by atoms with Crippen LogP contribution in [0, 0.1) is 11.8 Å². The second-order valence-corrected chi connectivity index (χ2v) is 6.11. The van der Waals surface area contributed by atoms with Crippen molar-refractivity contribution in [2.75, 3.05) is 13.1 Å². The molecule has 0 aliphatic heterocycles. The first kappa shape index (κ1) is 19.0. The molecule has 0 radical (unpaired) electrons. The zero-order valence-electron chi connectivity index (χ0n) is 13.7. The van der Waals surface area contributed by atoms with Crippen LogP contribution < -0.4 is 10.6 Å². The van der Waals surface area contributed by atoms with Crippen molar-refractivity contribution in [1.29, 1.82) is 0 Å². The minimum Gasteiger partial charge on any atom is -0.348 e. The fraction of sp³-hybridized carbons (Fsp3) is 0.611. The Labute approximate surface area is 140 Å². The first-order chi connectivity index (χ1) is 10.2. The van der Waals surface area contributed by atoms with E-state index in [1.807, 2.05) is 18.2 Å². The Bertz CT molecular complexity index is 430. The van der Waals surface area contributed by atoms with Crippen molar-refractivity contribution >= 4 is 18.3 Å². The lowest BCUT2D eigenvalue weighted by molar-refractivity contribution is -0.121. The highest BCUT2D eigenvalue weighted by Crippen LogP contribution is 2.28. The van der Waals surface area contributed by atoms with Crippen molar-refractivity contribution < 1.29 is 4.79 Å². The monoisotopic (exact) mass is 324 g/mol. The normalized spacial score (nSPS) is 15.2. The van der Waals surface area contributed by atoms with Gasteiger partial charge in [-0.05, 0) is 36.8 Å². The smallest absolute Gasteiger partial charge is 0.234 e. The molecule has 2 rings (SSSR count). The van der Waals surface area contributed by atoms with Crippen LogP contribution in [-0.4, -0.2) is 19.0 Å². The molecule has 0 spiro atoms. The van der Waals surface area contributed by atoms with Crippen LogP contribution in [0.4, 0.5) is 0 Å². The number of carbonyl (C=O) groups is 1. The Morgan fingerprint density at radius 1 is 1.18 bits per heavy atom. The average Bonchev–Trinajstić information content (AvgIpc) is 3.32. The Morgan fingerprint density at radius 3 is 2.36 bits per heavy atom. The minimum atomic E-state index is 0. The van der Waals surface area contributed by atoms with E-state index >= 15 is 0 Å². The third kappa shape index (κ3) is 5.98. The molecular formula is C18H29ClN2O. The first-order valence-electron chi connectivity index (χ1n) is 8.29. The van der Waals surface area contributed by atoms with Crippen molar-refractivity contribution in [2.45, 2.75) is 45.6 Å². The van der Waals surface area contributed by atoms with Gasteiger partial charge < -0.3 is 10.6 Å². The number of amides is 1. The van der Waals surface area contributed by atoms with E-state index in [0.29, 0.717) is 12.5 Å². The van der Waals surface area contributed by atoms with E-state index in [2.05, 4.69) is 36.6 Å². The van der Waals surface area contributed by atoms with Crippen LogP contribution in [0.3, 0.4) is 0 Å². The summed E-state index contributed by atoms with van der Waals surface area (Å²) in [6, 6.07) is 10.5. The summed E-state index contributed by atoms with van der Waals surface area (Å²) in [4.78, 5) is 12.2. The van der Waals surface area contributed by atoms with Gasteiger partial charge in [0.05, 0.1) is 12.6 Å². The summed E-state index contributed by atoms with van der Waals surface area (Å²) in [6.45, 7) is 5.80. The van der Waals surface area contributed by atoms with Crippen LogP contribution in [0.1, 0.15) is 51.1 Å². The lowest BCUT2D eigenvalue weighted by Crippen LogP contribution is -2.39. The molecule has 22 heavy (non-hydrogen) atoms. The highest BCUT2D eigenvalue weighted by molar-refractivity contribution is 5.85. The molecule has 1 aromatic rings. The molecule has 124 valence electrons. The van der Waals surface area contributed by atoms with Crippen LogP contribution in [0.5, 0.6) is 0 Å². The minimum absolute atomic E-state index is 0. The lowest BCUT2D eigenvalue weighted by atomic mass is 9.89. The molecule has 1 fully saturated rings. The van der Waals surface area contributed by atoms with E-state index < -0.39 is 0 Å². The molecule has 2 N–H and O–H groups in total. The predicted octanol–water partition coefficient (Wildman–Crippen LogP) is 3.70. The summed E-state index contributed by atoms with van der Waals surface area (Å²) in [7, 11) is 0. The van der Waals surface area contributed by atoms with Gasteiger partial charge in [-0.25, -0.2) is 0 Å². The zero-order chi connectivity index (χ0) is 15.1. The molecule has 0 saturated heterocycles. The molecule has 0 heterocycles. The van der Waals surface area contributed by atoms with E-state index in [1.54, 1.807) is 0 Å². The fourth-order valence-corrected chi connectivity index (χ4v) is 2.83. The Hall–Kier alpha value is -1.06. The number of benzene rings is 1. The third-order valence-corrected chi connectivity index (χ3v) is 4.41. The molecule has 1 atom stereocenters. The second kappa shape index (κ2) is 9.86. The SMILES string of the molecule is CCC(CC)C(NC(=O)CNCC1CC1)c1ccccc1.Cl. The van der Waals surface area contributed by atoms with Crippen molar-refractivity contribution in [1.82, 2.24) is 10.6 Å². The van der Waals surface area contributed by atoms with Crippen molar-refractivity contribution in [3.63, 3.8) is 0 Å². The van der Waals surface area contributed by atoms with Gasteiger partial charge in [0.1, 0.15) is 0 Å². The van der Waals surface area contributed by atoms with E-state index in [9.17, 15) is 4.79 Å². The first-order valence-corrected chi connectivity index (χ1v) is 8.29. The molecule has 1 amide bonds. The highest BCUT2D eigenvalue weighted by atomic mass is 35.5. The highest BCUT2D eigenvalue weighted by Gasteiger charge is 2.23. The maximum absolute atomic E-state index is 12.2. The van der Waals surface area contributed by atoms with Gasteiger partial charge in [0.2, 0.25) is 5.91 Å². The second-order valence-electron chi connectivity index (χ2n) is 6.11. The van der Waals surface area contributed by atoms with Gasteiger partial charge in [0.15, 0.2) is 0 Å². The molecule has 0 aromatic heterocycles. The third-order valence-electron chi connectivity index (χ3n) is 4.41. The summed E-state index contributed by atoms with van der Waals surface area (Å²) >= 11 is 0. The summed E-state index contributed by atoms with van der Waals surface area (Å²) in [5.41, 5.74) is 1.21. The quantitative estimate of drug-likeness (QED) is 0.727. The van der Waals surface area contributed by atoms with E-state index in [4.69, 9.17) is 0 Å². The van der Waals surface area contributed by atoms with Crippen molar-refractivity contribution in [3.8, 4) is 0 Å². The van der Waals surface area contributed by atoms with Crippen LogP contribution in [0.15, 0.2) is 30.3 Å². The van der Waals surface area contributed by atoms with Crippen molar-refractivity contribution in [3.05, 3.63) is 35.9 Å². The summed E-state index contributed by atoms with van der Waals surface area (Å²) < 4.78 is 0. The average molecular weight is 325 g/mol. The van der Waals surface area contributed by atoms with Gasteiger partial charge in [0, 0.05) is 0 Å². The molecule has 1 aliphatic carbocycles. The number of rotatable bonds is 9. The molecular weight excluding hydrogens is 296 g/mol. The molecule has 4 heteroatoms. The Morgan fingerprint density at radius 2 is 1.82 bits per heavy atom. The van der Waals surface area contributed by atoms with Gasteiger partial charge in [-0.2, -0.15) is 0 Å². The van der Waals surface area contributed by atoms with Crippen LogP contribution in [0.25, 0.3) is 0 Å². The van der Waals surface area contributed by atoms with E-state index in [1.165, 1.54) is 18.4 Å². The topological polar surface area (TPSA) is 41.1 Å². The summed E-state index contributed by atoms with van der Waals surface area (Å²) in [5, 5.41) is 6.49. The largest absolute Gasteiger partial charge is 0.348 e. The number of carbonyl (C=O) groups excluding carboxylic acids is 1. The molecule has 1 aliphatic rings. The molecule has 0 bridgehead atoms. The van der Waals surface area contributed by atoms with Gasteiger partial charge in [-0.15, -0.1) is 12.4 Å². The summed E-state index contributed by atoms with van der Waals surface area (Å²) in [6.07, 6.45) is 4.78. The van der Waals surface area contributed by atoms with E-state index in [-0.39, 0.29) is 24.4 Å². The number of hydrogen-bond donors (Lipinski definition) is 2. The van der Waals surface area contributed by atoms with Crippen LogP contribution in [-0.2, 0) is 4.79 Å². The summed E-state index contributed by atoms with van der Waals surface area (Å²) in [5.74, 6) is 1.40. The Kier molecular flexibility index (Phi) is 8.51. The Balaban J connectivity index is 0.00000242. The van der Waals surface area contributed by atoms with E-state index in [0.717, 1.165) is 25.3 Å². The maximum atomic E-state index is 12.2. The van der Waals surface area contributed by atoms with Gasteiger partial charge >= 0.3 is 0 Å². The fourth-order valence-electron chi connectivity index (χ4n) is 2.83. The standard InChI is InChI=1S/C18H28N2O.ClH/c1-3-15(4-2)18(16-8-6-5-7-9-16)20-17(21)13-19-12-14-10-11-14;/h5-9,14-15,18-19H,3-4,10-13H2,1-2H3,(H,20,21);1H. The molecule has 1 saturated carbocycles. The van der Waals surface area contributed by atoms with Gasteiger partial charge in [-0.3, -0.25) is 4.79 Å². The van der Waals surface area contributed by atoms with Crippen LogP contribution >= 0.6 is 12.4 Å².